The number of aromatic nitrogens is 2. The fraction of sp³-hybridized carbons (Fsp3) is 0.714. The summed E-state index contributed by atoms with van der Waals surface area (Å²) in [6.07, 6.45) is 1.13. The normalized spacial score (nSPS) is 17.5. The van der Waals surface area contributed by atoms with Crippen LogP contribution in [-0.2, 0) is 6.54 Å². The van der Waals surface area contributed by atoms with Crippen LogP contribution in [0.4, 0.5) is 19.3 Å². The fourth-order valence-electron chi connectivity index (χ4n) is 2.66. The number of piperazine rings is 1. The number of hydrogen-bond donors (Lipinski definition) is 2. The Morgan fingerprint density at radius 1 is 1.39 bits per heavy atom. The lowest BCUT2D eigenvalue weighted by Gasteiger charge is -2.38. The maximum atomic E-state index is 12.3. The van der Waals surface area contributed by atoms with Gasteiger partial charge < -0.3 is 15.3 Å². The third kappa shape index (κ3) is 4.87. The standard InChI is InChI=1S/C14H23F2N5O2/c1-2-12(10-22)19-3-5-20(6-4-19)14(23)18-11-7-17-21(8-11)9-13(15)16/h7-8,12-13,22H,2-6,9-10H2,1H3,(H,18,23). The molecule has 1 unspecified atom stereocenters. The van der Waals surface area contributed by atoms with Crippen LogP contribution in [0.2, 0.25) is 0 Å². The Hall–Kier alpha value is -1.74. The van der Waals surface area contributed by atoms with Gasteiger partial charge in [-0.05, 0) is 6.42 Å². The molecule has 7 nitrogen and oxygen atoms in total. The van der Waals surface area contributed by atoms with E-state index in [0.29, 0.717) is 31.9 Å². The van der Waals surface area contributed by atoms with E-state index in [1.807, 2.05) is 6.92 Å². The summed E-state index contributed by atoms with van der Waals surface area (Å²) in [6, 6.07) is -0.133. The summed E-state index contributed by atoms with van der Waals surface area (Å²) in [4.78, 5) is 16.0. The number of anilines is 1. The number of amides is 2. The molecule has 1 aliphatic rings. The van der Waals surface area contributed by atoms with Gasteiger partial charge in [0.1, 0.15) is 6.54 Å². The summed E-state index contributed by atoms with van der Waals surface area (Å²) in [7, 11) is 0. The highest BCUT2D eigenvalue weighted by Gasteiger charge is 2.25. The summed E-state index contributed by atoms with van der Waals surface area (Å²) in [5.74, 6) is 0. The predicted molar refractivity (Wildman–Crippen MR) is 81.6 cm³/mol. The molecule has 9 heteroatoms. The molecule has 130 valence electrons. The van der Waals surface area contributed by atoms with Crippen molar-refractivity contribution in [3.8, 4) is 0 Å². The summed E-state index contributed by atoms with van der Waals surface area (Å²) in [5.41, 5.74) is 0.403. The van der Waals surface area contributed by atoms with Crippen molar-refractivity contribution in [1.82, 2.24) is 19.6 Å². The number of aliphatic hydroxyl groups excluding tert-OH is 1. The molecule has 1 aromatic rings. The first-order chi connectivity index (χ1) is 11.0. The molecule has 0 aromatic carbocycles. The lowest BCUT2D eigenvalue weighted by Crippen LogP contribution is -2.53. The van der Waals surface area contributed by atoms with E-state index >= 15 is 0 Å². The van der Waals surface area contributed by atoms with Crippen LogP contribution in [0.15, 0.2) is 12.4 Å². The van der Waals surface area contributed by atoms with E-state index in [4.69, 9.17) is 0 Å². The van der Waals surface area contributed by atoms with E-state index in [9.17, 15) is 18.7 Å². The lowest BCUT2D eigenvalue weighted by molar-refractivity contribution is 0.0766. The molecule has 2 N–H and O–H groups in total. The predicted octanol–water partition coefficient (Wildman–Crippen LogP) is 1.07. The highest BCUT2D eigenvalue weighted by molar-refractivity contribution is 5.89. The van der Waals surface area contributed by atoms with Crippen molar-refractivity contribution in [2.75, 3.05) is 38.1 Å². The maximum Gasteiger partial charge on any atom is 0.322 e. The second kappa shape index (κ2) is 8.21. The fourth-order valence-corrected chi connectivity index (χ4v) is 2.66. The van der Waals surface area contributed by atoms with Crippen LogP contribution in [-0.4, -0.2) is 76.0 Å². The first-order valence-electron chi connectivity index (χ1n) is 7.75. The average Bonchev–Trinajstić information content (AvgIpc) is 2.95. The molecule has 0 saturated carbocycles. The van der Waals surface area contributed by atoms with Crippen molar-refractivity contribution in [3.05, 3.63) is 12.4 Å². The average molecular weight is 331 g/mol. The Balaban J connectivity index is 1.82. The van der Waals surface area contributed by atoms with Crippen molar-refractivity contribution in [3.63, 3.8) is 0 Å². The van der Waals surface area contributed by atoms with Gasteiger partial charge in [0, 0.05) is 38.4 Å². The van der Waals surface area contributed by atoms with Gasteiger partial charge in [-0.3, -0.25) is 9.58 Å². The van der Waals surface area contributed by atoms with Gasteiger partial charge in [-0.2, -0.15) is 5.10 Å². The highest BCUT2D eigenvalue weighted by atomic mass is 19.3. The zero-order valence-electron chi connectivity index (χ0n) is 13.2. The molecule has 23 heavy (non-hydrogen) atoms. The minimum Gasteiger partial charge on any atom is -0.395 e. The number of nitrogens with one attached hydrogen (secondary N) is 1. The molecule has 1 aromatic heterocycles. The van der Waals surface area contributed by atoms with Crippen LogP contribution in [0.3, 0.4) is 0 Å². The third-order valence-corrected chi connectivity index (χ3v) is 4.01. The zero-order chi connectivity index (χ0) is 16.8. The second-order valence-electron chi connectivity index (χ2n) is 5.54. The molecular weight excluding hydrogens is 308 g/mol. The molecule has 0 spiro atoms. The Labute approximate surface area is 133 Å². The molecule has 1 atom stereocenters. The summed E-state index contributed by atoms with van der Waals surface area (Å²) in [6.45, 7) is 4.19. The van der Waals surface area contributed by atoms with Gasteiger partial charge in [0.2, 0.25) is 0 Å². The van der Waals surface area contributed by atoms with Crippen molar-refractivity contribution < 1.29 is 18.7 Å². The van der Waals surface area contributed by atoms with Gasteiger partial charge >= 0.3 is 6.03 Å². The minimum absolute atomic E-state index is 0.117. The molecule has 2 heterocycles. The van der Waals surface area contributed by atoms with E-state index in [2.05, 4.69) is 15.3 Å². The van der Waals surface area contributed by atoms with Gasteiger partial charge in [-0.1, -0.05) is 6.92 Å². The third-order valence-electron chi connectivity index (χ3n) is 4.01. The molecule has 0 bridgehead atoms. The van der Waals surface area contributed by atoms with Gasteiger partial charge in [0.05, 0.1) is 18.5 Å². The topological polar surface area (TPSA) is 73.6 Å². The number of carbonyl (C=O) groups excluding carboxylic acids is 1. The SMILES string of the molecule is CCC(CO)N1CCN(C(=O)Nc2cnn(CC(F)F)c2)CC1. The number of rotatable bonds is 6. The van der Waals surface area contributed by atoms with Crippen LogP contribution in [0.1, 0.15) is 13.3 Å². The van der Waals surface area contributed by atoms with Crippen LogP contribution in [0, 0.1) is 0 Å². The second-order valence-corrected chi connectivity index (χ2v) is 5.54. The summed E-state index contributed by atoms with van der Waals surface area (Å²) >= 11 is 0. The molecular formula is C14H23F2N5O2. The van der Waals surface area contributed by atoms with E-state index < -0.39 is 13.0 Å². The maximum absolute atomic E-state index is 12.3. The number of carbonyl (C=O) groups is 1. The van der Waals surface area contributed by atoms with Gasteiger partial charge in [-0.25, -0.2) is 13.6 Å². The Kier molecular flexibility index (Phi) is 6.28. The molecule has 0 aliphatic carbocycles. The van der Waals surface area contributed by atoms with Crippen molar-refractivity contribution in [2.45, 2.75) is 32.4 Å². The number of hydrogen-bond acceptors (Lipinski definition) is 4. The van der Waals surface area contributed by atoms with Crippen molar-refractivity contribution in [2.24, 2.45) is 0 Å². The van der Waals surface area contributed by atoms with Gasteiger partial charge in [0.15, 0.2) is 0 Å². The first-order valence-corrected chi connectivity index (χ1v) is 7.75. The molecule has 2 amide bonds. The van der Waals surface area contributed by atoms with Crippen molar-refractivity contribution in [1.29, 1.82) is 0 Å². The summed E-state index contributed by atoms with van der Waals surface area (Å²) < 4.78 is 25.6. The Bertz CT molecular complexity index is 499. The monoisotopic (exact) mass is 331 g/mol. The summed E-state index contributed by atoms with van der Waals surface area (Å²) in [5, 5.41) is 15.8. The van der Waals surface area contributed by atoms with Crippen LogP contribution in [0.5, 0.6) is 0 Å². The number of aliphatic hydroxyl groups is 1. The van der Waals surface area contributed by atoms with E-state index in [-0.39, 0.29) is 18.7 Å². The molecule has 1 saturated heterocycles. The molecule has 0 radical (unpaired) electrons. The number of urea groups is 1. The smallest absolute Gasteiger partial charge is 0.322 e. The Morgan fingerprint density at radius 3 is 2.65 bits per heavy atom. The van der Waals surface area contributed by atoms with E-state index in [0.717, 1.165) is 11.1 Å². The number of alkyl halides is 2. The Morgan fingerprint density at radius 2 is 2.09 bits per heavy atom. The number of nitrogens with zero attached hydrogens (tertiary/aromatic N) is 4. The van der Waals surface area contributed by atoms with Gasteiger partial charge in [-0.15, -0.1) is 0 Å². The molecule has 2 rings (SSSR count). The molecule has 1 fully saturated rings. The quantitative estimate of drug-likeness (QED) is 0.818. The zero-order valence-corrected chi connectivity index (χ0v) is 13.2. The van der Waals surface area contributed by atoms with Gasteiger partial charge in [0.25, 0.3) is 6.43 Å². The number of halogens is 2. The van der Waals surface area contributed by atoms with E-state index in [1.54, 1.807) is 4.90 Å². The van der Waals surface area contributed by atoms with E-state index in [1.165, 1.54) is 12.4 Å². The molecule has 1 aliphatic heterocycles. The first kappa shape index (κ1) is 17.6. The van der Waals surface area contributed by atoms with Crippen molar-refractivity contribution >= 4 is 11.7 Å². The largest absolute Gasteiger partial charge is 0.395 e. The lowest BCUT2D eigenvalue weighted by atomic mass is 10.2. The highest BCUT2D eigenvalue weighted by Crippen LogP contribution is 2.12. The minimum atomic E-state index is -2.48. The van der Waals surface area contributed by atoms with Crippen LogP contribution in [0.25, 0.3) is 0 Å². The van der Waals surface area contributed by atoms with Crippen LogP contribution >= 0.6 is 0 Å². The van der Waals surface area contributed by atoms with Crippen LogP contribution < -0.4 is 5.32 Å².